The van der Waals surface area contributed by atoms with Crippen LogP contribution in [0.2, 0.25) is 0 Å². The zero-order valence-electron chi connectivity index (χ0n) is 17.7. The van der Waals surface area contributed by atoms with Gasteiger partial charge in [-0.1, -0.05) is 36.4 Å². The van der Waals surface area contributed by atoms with E-state index in [0.717, 1.165) is 27.9 Å². The average Bonchev–Trinajstić information content (AvgIpc) is 2.73. The number of aromatic nitrogens is 3. The molecule has 156 valence electrons. The van der Waals surface area contributed by atoms with Gasteiger partial charge in [-0.15, -0.1) is 0 Å². The minimum absolute atomic E-state index is 0.0626. The molecular weight excluding hydrogens is 388 g/mol. The van der Waals surface area contributed by atoms with Crippen molar-refractivity contribution in [2.75, 3.05) is 11.1 Å². The lowest BCUT2D eigenvalue weighted by Crippen LogP contribution is -2.25. The number of hydrogen-bond acceptors (Lipinski definition) is 6. The predicted octanol–water partition coefficient (Wildman–Crippen LogP) is 3.98. The summed E-state index contributed by atoms with van der Waals surface area (Å²) in [5.41, 5.74) is 10.2. The van der Waals surface area contributed by atoms with Crippen LogP contribution >= 0.6 is 0 Å². The fourth-order valence-electron chi connectivity index (χ4n) is 3.87. The van der Waals surface area contributed by atoms with Gasteiger partial charge in [0.2, 0.25) is 0 Å². The Balaban J connectivity index is 1.90. The van der Waals surface area contributed by atoms with Crippen LogP contribution in [0.5, 0.6) is 0 Å². The Morgan fingerprint density at radius 2 is 1.84 bits per heavy atom. The van der Waals surface area contributed by atoms with Crippen LogP contribution in [-0.2, 0) is 6.54 Å². The van der Waals surface area contributed by atoms with Crippen molar-refractivity contribution in [3.63, 3.8) is 0 Å². The second-order valence-corrected chi connectivity index (χ2v) is 7.56. The number of nitrogens with one attached hydrogen (secondary N) is 2. The van der Waals surface area contributed by atoms with Gasteiger partial charge >= 0.3 is 0 Å². The van der Waals surface area contributed by atoms with Crippen LogP contribution in [0.3, 0.4) is 0 Å². The normalized spacial score (nSPS) is 10.9. The quantitative estimate of drug-likeness (QED) is 0.430. The molecule has 4 rings (SSSR count). The number of anilines is 2. The third kappa shape index (κ3) is 3.66. The lowest BCUT2D eigenvalue weighted by molar-refractivity contribution is 0.883. The summed E-state index contributed by atoms with van der Waals surface area (Å²) in [6, 6.07) is 15.7. The largest absolute Gasteiger partial charge is 0.383 e. The average molecular weight is 412 g/mol. The summed E-state index contributed by atoms with van der Waals surface area (Å²) in [7, 11) is 0. The van der Waals surface area contributed by atoms with Crippen LogP contribution in [0, 0.1) is 19.3 Å². The van der Waals surface area contributed by atoms with Gasteiger partial charge in [0.05, 0.1) is 23.2 Å². The number of pyridine rings is 1. The second-order valence-electron chi connectivity index (χ2n) is 7.56. The number of rotatable bonds is 5. The molecule has 7 nitrogen and oxygen atoms in total. The fourth-order valence-corrected chi connectivity index (χ4v) is 3.87. The molecule has 0 spiro atoms. The maximum atomic E-state index is 13.6. The summed E-state index contributed by atoms with van der Waals surface area (Å²) in [6.45, 7) is 5.90. The van der Waals surface area contributed by atoms with Crippen molar-refractivity contribution in [3.05, 3.63) is 87.6 Å². The minimum Gasteiger partial charge on any atom is -0.383 e. The molecule has 0 unspecified atom stereocenters. The van der Waals surface area contributed by atoms with Crippen molar-refractivity contribution in [2.24, 2.45) is 0 Å². The van der Waals surface area contributed by atoms with Crippen molar-refractivity contribution in [3.8, 4) is 5.69 Å². The molecule has 0 aliphatic heterocycles. The maximum Gasteiger partial charge on any atom is 0.263 e. The maximum absolute atomic E-state index is 13.6. The van der Waals surface area contributed by atoms with Crippen molar-refractivity contribution in [1.29, 1.82) is 5.41 Å². The highest BCUT2D eigenvalue weighted by molar-refractivity contribution is 6.04. The van der Waals surface area contributed by atoms with Gasteiger partial charge in [0.15, 0.2) is 0 Å². The van der Waals surface area contributed by atoms with Gasteiger partial charge in [0.25, 0.3) is 5.56 Å². The van der Waals surface area contributed by atoms with E-state index >= 15 is 0 Å². The molecule has 0 aliphatic carbocycles. The van der Waals surface area contributed by atoms with E-state index in [1.54, 1.807) is 11.5 Å². The molecule has 31 heavy (non-hydrogen) atoms. The molecule has 0 saturated carbocycles. The van der Waals surface area contributed by atoms with Crippen molar-refractivity contribution in [2.45, 2.75) is 27.3 Å². The van der Waals surface area contributed by atoms with Gasteiger partial charge in [0, 0.05) is 11.4 Å². The Kier molecular flexibility index (Phi) is 5.25. The number of hydrogen-bond donors (Lipinski definition) is 3. The van der Waals surface area contributed by atoms with E-state index in [0.29, 0.717) is 23.3 Å². The summed E-state index contributed by atoms with van der Waals surface area (Å²) in [6.07, 6.45) is 1.36. The summed E-state index contributed by atoms with van der Waals surface area (Å²) in [5.74, 6) is 0.712. The van der Waals surface area contributed by atoms with Crippen LogP contribution < -0.4 is 16.6 Å². The van der Waals surface area contributed by atoms with Crippen LogP contribution in [-0.4, -0.2) is 20.2 Å². The molecule has 0 radical (unpaired) electrons. The summed E-state index contributed by atoms with van der Waals surface area (Å²) >= 11 is 0. The van der Waals surface area contributed by atoms with Crippen LogP contribution in [0.1, 0.15) is 29.3 Å². The number of fused-ring (bicyclic) bond motifs is 1. The van der Waals surface area contributed by atoms with E-state index in [1.165, 1.54) is 6.33 Å². The first-order valence-corrected chi connectivity index (χ1v) is 9.98. The van der Waals surface area contributed by atoms with E-state index in [1.807, 2.05) is 62.4 Å². The highest BCUT2D eigenvalue weighted by atomic mass is 16.1. The second kappa shape index (κ2) is 8.02. The van der Waals surface area contributed by atoms with Gasteiger partial charge in [-0.3, -0.25) is 9.36 Å². The molecule has 4 N–H and O–H groups in total. The lowest BCUT2D eigenvalue weighted by Gasteiger charge is -2.18. The fraction of sp³-hybridized carbons (Fsp3) is 0.167. The highest BCUT2D eigenvalue weighted by Gasteiger charge is 2.16. The molecule has 0 fully saturated rings. The Hall–Kier alpha value is -4.00. The molecule has 2 heterocycles. The van der Waals surface area contributed by atoms with Gasteiger partial charge < -0.3 is 16.5 Å². The van der Waals surface area contributed by atoms with Crippen molar-refractivity contribution < 1.29 is 0 Å². The standard InChI is InChI=1S/C24H24N6O/c1-14-7-4-5-10-19(14)30-18(11-17-9-6-8-15(2)20(17)24(30)31)12-27-23-21(16(3)25)22(26)28-13-29-23/h4-11,13,25H,12H2,1-3H3,(H3,26,27,28,29). The number of aryl methyl sites for hydroxylation is 2. The Morgan fingerprint density at radius 3 is 2.58 bits per heavy atom. The lowest BCUT2D eigenvalue weighted by atomic mass is 10.1. The van der Waals surface area contributed by atoms with E-state index in [-0.39, 0.29) is 17.1 Å². The topological polar surface area (TPSA) is 110 Å². The van der Waals surface area contributed by atoms with Crippen molar-refractivity contribution >= 4 is 28.1 Å². The summed E-state index contributed by atoms with van der Waals surface area (Å²) in [5, 5.41) is 12.9. The molecule has 4 aromatic rings. The first-order chi connectivity index (χ1) is 14.9. The van der Waals surface area contributed by atoms with Gasteiger partial charge in [0.1, 0.15) is 18.0 Å². The number of nitrogen functional groups attached to an aromatic ring is 1. The van der Waals surface area contributed by atoms with Gasteiger partial charge in [-0.25, -0.2) is 9.97 Å². The van der Waals surface area contributed by atoms with E-state index < -0.39 is 0 Å². The molecule has 0 saturated heterocycles. The third-order valence-corrected chi connectivity index (χ3v) is 5.38. The molecule has 0 aliphatic rings. The number of para-hydroxylation sites is 1. The van der Waals surface area contributed by atoms with Crippen molar-refractivity contribution in [1.82, 2.24) is 14.5 Å². The molecule has 0 atom stereocenters. The Bertz CT molecular complexity index is 1370. The highest BCUT2D eigenvalue weighted by Crippen LogP contribution is 2.23. The monoisotopic (exact) mass is 412 g/mol. The Morgan fingerprint density at radius 1 is 1.10 bits per heavy atom. The van der Waals surface area contributed by atoms with E-state index in [9.17, 15) is 4.79 Å². The Labute approximate surface area is 180 Å². The summed E-state index contributed by atoms with van der Waals surface area (Å²) in [4.78, 5) is 21.9. The summed E-state index contributed by atoms with van der Waals surface area (Å²) < 4.78 is 1.75. The van der Waals surface area contributed by atoms with E-state index in [2.05, 4.69) is 15.3 Å². The predicted molar refractivity (Wildman–Crippen MR) is 125 cm³/mol. The van der Waals surface area contributed by atoms with Crippen LogP contribution in [0.25, 0.3) is 16.5 Å². The van der Waals surface area contributed by atoms with Gasteiger partial charge in [-0.05, 0) is 49.4 Å². The molecule has 2 aromatic carbocycles. The van der Waals surface area contributed by atoms with E-state index in [4.69, 9.17) is 11.1 Å². The SMILES string of the molecule is CC(=N)c1c(N)ncnc1NCc1cc2cccc(C)c2c(=O)n1-c1ccccc1C. The van der Waals surface area contributed by atoms with Crippen LogP contribution in [0.15, 0.2) is 59.7 Å². The first kappa shape index (κ1) is 20.3. The number of nitrogens with zero attached hydrogens (tertiary/aromatic N) is 3. The zero-order valence-corrected chi connectivity index (χ0v) is 17.7. The molecule has 0 bridgehead atoms. The molecule has 0 amide bonds. The third-order valence-electron chi connectivity index (χ3n) is 5.38. The number of nitrogens with two attached hydrogens (primary N) is 1. The number of benzene rings is 2. The minimum atomic E-state index is -0.0626. The van der Waals surface area contributed by atoms with Gasteiger partial charge in [-0.2, -0.15) is 0 Å². The molecule has 2 aromatic heterocycles. The molecule has 7 heteroatoms. The smallest absolute Gasteiger partial charge is 0.263 e. The zero-order chi connectivity index (χ0) is 22.1. The first-order valence-electron chi connectivity index (χ1n) is 9.98. The van der Waals surface area contributed by atoms with Crippen LogP contribution in [0.4, 0.5) is 11.6 Å². The molecular formula is C24H24N6O.